The minimum absolute atomic E-state index is 0.0390. The van der Waals surface area contributed by atoms with Gasteiger partial charge in [-0.2, -0.15) is 0 Å². The molecule has 0 unspecified atom stereocenters. The fourth-order valence-electron chi connectivity index (χ4n) is 2.78. The molecule has 3 rings (SSSR count). The number of nitrogens with zero attached hydrogens (tertiary/aromatic N) is 2. The minimum atomic E-state index is -0.0390. The summed E-state index contributed by atoms with van der Waals surface area (Å²) in [5.74, 6) is 3.67. The number of hydrogen-bond acceptors (Lipinski definition) is 4. The summed E-state index contributed by atoms with van der Waals surface area (Å²) >= 11 is 6.26. The van der Waals surface area contributed by atoms with E-state index in [0.29, 0.717) is 54.9 Å². The molecule has 23 heavy (non-hydrogen) atoms. The van der Waals surface area contributed by atoms with Crippen molar-refractivity contribution in [1.29, 1.82) is 0 Å². The van der Waals surface area contributed by atoms with Crippen LogP contribution in [-0.2, 0) is 0 Å². The fraction of sp³-hybridized carbons (Fsp3) is 0.471. The number of fused-ring (bicyclic) bond motifs is 1. The molecule has 0 aliphatic carbocycles. The first-order valence-corrected chi connectivity index (χ1v) is 8.11. The standard InChI is InChI=1S/C17H19ClN2O3/c1-2-4-19-5-7-20(8-6-19)17(21)13-11-14(18)16-15(12-13)22-9-3-10-23-16/h1,11-12H,3-10H2. The molecule has 2 heterocycles. The Morgan fingerprint density at radius 2 is 1.96 bits per heavy atom. The van der Waals surface area contributed by atoms with E-state index in [9.17, 15) is 4.79 Å². The Morgan fingerprint density at radius 1 is 1.22 bits per heavy atom. The number of terminal acetylenes is 1. The van der Waals surface area contributed by atoms with E-state index in [1.165, 1.54) is 0 Å². The van der Waals surface area contributed by atoms with Gasteiger partial charge < -0.3 is 14.4 Å². The lowest BCUT2D eigenvalue weighted by Crippen LogP contribution is -2.48. The van der Waals surface area contributed by atoms with Gasteiger partial charge in [-0.15, -0.1) is 6.42 Å². The number of piperazine rings is 1. The van der Waals surface area contributed by atoms with Gasteiger partial charge in [-0.05, 0) is 12.1 Å². The second kappa shape index (κ2) is 7.12. The van der Waals surface area contributed by atoms with Crippen molar-refractivity contribution in [1.82, 2.24) is 9.80 Å². The topological polar surface area (TPSA) is 42.0 Å². The molecular weight excluding hydrogens is 316 g/mol. The molecule has 0 spiro atoms. The van der Waals surface area contributed by atoms with Gasteiger partial charge in [0.2, 0.25) is 0 Å². The molecule has 2 aliphatic rings. The summed E-state index contributed by atoms with van der Waals surface area (Å²) in [4.78, 5) is 16.7. The highest BCUT2D eigenvalue weighted by Crippen LogP contribution is 2.38. The number of halogens is 1. The summed E-state index contributed by atoms with van der Waals surface area (Å²) in [6.45, 7) is 4.64. The molecule has 1 saturated heterocycles. The van der Waals surface area contributed by atoms with E-state index in [1.54, 1.807) is 12.1 Å². The second-order valence-corrected chi connectivity index (χ2v) is 6.02. The van der Waals surface area contributed by atoms with Crippen molar-refractivity contribution in [2.45, 2.75) is 6.42 Å². The van der Waals surface area contributed by atoms with Crippen LogP contribution < -0.4 is 9.47 Å². The molecule has 0 saturated carbocycles. The Hall–Kier alpha value is -1.90. The molecule has 1 aromatic carbocycles. The third-order valence-corrected chi connectivity index (χ3v) is 4.30. The van der Waals surface area contributed by atoms with Gasteiger partial charge in [0.1, 0.15) is 0 Å². The number of carbonyl (C=O) groups excluding carboxylic acids is 1. The highest BCUT2D eigenvalue weighted by molar-refractivity contribution is 6.32. The third-order valence-electron chi connectivity index (χ3n) is 4.02. The average Bonchev–Trinajstić information content (AvgIpc) is 2.81. The van der Waals surface area contributed by atoms with Gasteiger partial charge in [0, 0.05) is 38.2 Å². The van der Waals surface area contributed by atoms with Gasteiger partial charge in [-0.3, -0.25) is 9.69 Å². The summed E-state index contributed by atoms with van der Waals surface area (Å²) in [5, 5.41) is 0.415. The largest absolute Gasteiger partial charge is 0.489 e. The van der Waals surface area contributed by atoms with Crippen molar-refractivity contribution in [2.24, 2.45) is 0 Å². The summed E-state index contributed by atoms with van der Waals surface area (Å²) < 4.78 is 11.2. The van der Waals surface area contributed by atoms with E-state index in [0.717, 1.165) is 19.5 Å². The van der Waals surface area contributed by atoms with Crippen LogP contribution >= 0.6 is 11.6 Å². The third kappa shape index (κ3) is 3.54. The predicted molar refractivity (Wildman–Crippen MR) is 88.2 cm³/mol. The second-order valence-electron chi connectivity index (χ2n) is 5.61. The normalized spacial score (nSPS) is 18.2. The Morgan fingerprint density at radius 3 is 2.70 bits per heavy atom. The zero-order valence-corrected chi connectivity index (χ0v) is 13.6. The maximum absolute atomic E-state index is 12.7. The van der Waals surface area contributed by atoms with Crippen molar-refractivity contribution < 1.29 is 14.3 Å². The van der Waals surface area contributed by atoms with Crippen molar-refractivity contribution in [3.05, 3.63) is 22.7 Å². The van der Waals surface area contributed by atoms with Crippen LogP contribution in [0.2, 0.25) is 5.02 Å². The lowest BCUT2D eigenvalue weighted by Gasteiger charge is -2.33. The molecule has 1 fully saturated rings. The van der Waals surface area contributed by atoms with Gasteiger partial charge in [0.15, 0.2) is 11.5 Å². The van der Waals surface area contributed by atoms with Crippen molar-refractivity contribution in [3.8, 4) is 23.8 Å². The van der Waals surface area contributed by atoms with E-state index in [-0.39, 0.29) is 5.91 Å². The Bertz CT molecular complexity index is 633. The summed E-state index contributed by atoms with van der Waals surface area (Å²) in [6.07, 6.45) is 6.12. The minimum Gasteiger partial charge on any atom is -0.489 e. The summed E-state index contributed by atoms with van der Waals surface area (Å²) in [5.41, 5.74) is 0.532. The number of carbonyl (C=O) groups is 1. The molecule has 0 radical (unpaired) electrons. The quantitative estimate of drug-likeness (QED) is 0.775. The molecule has 2 aliphatic heterocycles. The summed E-state index contributed by atoms with van der Waals surface area (Å²) in [6, 6.07) is 3.38. The zero-order chi connectivity index (χ0) is 16.2. The molecule has 122 valence electrons. The number of ether oxygens (including phenoxy) is 2. The Kier molecular flexibility index (Phi) is 4.94. The highest BCUT2D eigenvalue weighted by atomic mass is 35.5. The smallest absolute Gasteiger partial charge is 0.254 e. The molecule has 1 amide bonds. The summed E-state index contributed by atoms with van der Waals surface area (Å²) in [7, 11) is 0. The van der Waals surface area contributed by atoms with Crippen LogP contribution in [0.4, 0.5) is 0 Å². The lowest BCUT2D eigenvalue weighted by atomic mass is 10.1. The van der Waals surface area contributed by atoms with E-state index in [2.05, 4.69) is 10.8 Å². The first kappa shape index (κ1) is 16.0. The molecule has 0 atom stereocenters. The van der Waals surface area contributed by atoms with Gasteiger partial charge in [0.05, 0.1) is 24.8 Å². The van der Waals surface area contributed by atoms with Crippen LogP contribution in [-0.4, -0.2) is 61.6 Å². The molecule has 5 nitrogen and oxygen atoms in total. The average molecular weight is 335 g/mol. The predicted octanol–water partition coefficient (Wildman–Crippen LogP) is 1.89. The Balaban J connectivity index is 1.74. The Labute approximate surface area is 141 Å². The van der Waals surface area contributed by atoms with Gasteiger partial charge in [0.25, 0.3) is 5.91 Å². The van der Waals surface area contributed by atoms with Gasteiger partial charge in [-0.25, -0.2) is 0 Å². The highest BCUT2D eigenvalue weighted by Gasteiger charge is 2.24. The fourth-order valence-corrected chi connectivity index (χ4v) is 3.04. The van der Waals surface area contributed by atoms with E-state index in [4.69, 9.17) is 27.5 Å². The maximum Gasteiger partial charge on any atom is 0.254 e. The van der Waals surface area contributed by atoms with Gasteiger partial charge in [-0.1, -0.05) is 17.5 Å². The van der Waals surface area contributed by atoms with Crippen LogP contribution in [0.25, 0.3) is 0 Å². The first-order chi connectivity index (χ1) is 11.2. The van der Waals surface area contributed by atoms with E-state index < -0.39 is 0 Å². The van der Waals surface area contributed by atoms with E-state index >= 15 is 0 Å². The number of rotatable bonds is 2. The SMILES string of the molecule is C#CCN1CCN(C(=O)c2cc(Cl)c3c(c2)OCCCO3)CC1. The van der Waals surface area contributed by atoms with Crippen LogP contribution in [0.5, 0.6) is 11.5 Å². The lowest BCUT2D eigenvalue weighted by molar-refractivity contribution is 0.0651. The first-order valence-electron chi connectivity index (χ1n) is 7.73. The molecule has 0 bridgehead atoms. The molecule has 0 N–H and O–H groups in total. The van der Waals surface area contributed by atoms with Crippen LogP contribution in [0, 0.1) is 12.3 Å². The van der Waals surface area contributed by atoms with Crippen LogP contribution in [0.3, 0.4) is 0 Å². The monoisotopic (exact) mass is 334 g/mol. The van der Waals surface area contributed by atoms with Crippen molar-refractivity contribution in [3.63, 3.8) is 0 Å². The number of amides is 1. The molecular formula is C17H19ClN2O3. The van der Waals surface area contributed by atoms with Crippen LogP contribution in [0.1, 0.15) is 16.8 Å². The molecule has 1 aromatic rings. The van der Waals surface area contributed by atoms with Crippen molar-refractivity contribution >= 4 is 17.5 Å². The van der Waals surface area contributed by atoms with Crippen molar-refractivity contribution in [2.75, 3.05) is 45.9 Å². The molecule has 0 aromatic heterocycles. The number of benzene rings is 1. The van der Waals surface area contributed by atoms with Gasteiger partial charge >= 0.3 is 0 Å². The maximum atomic E-state index is 12.7. The van der Waals surface area contributed by atoms with Crippen LogP contribution in [0.15, 0.2) is 12.1 Å². The van der Waals surface area contributed by atoms with E-state index in [1.807, 2.05) is 4.90 Å². The molecule has 6 heteroatoms. The zero-order valence-electron chi connectivity index (χ0n) is 12.9. The number of hydrogen-bond donors (Lipinski definition) is 0.